The van der Waals surface area contributed by atoms with Crippen LogP contribution in [-0.2, 0) is 18.3 Å². The third-order valence-electron chi connectivity index (χ3n) is 5.16. The van der Waals surface area contributed by atoms with Crippen molar-refractivity contribution in [1.82, 2.24) is 24.6 Å². The van der Waals surface area contributed by atoms with Crippen molar-refractivity contribution in [3.63, 3.8) is 0 Å². The van der Waals surface area contributed by atoms with Crippen molar-refractivity contribution in [3.05, 3.63) is 47.9 Å². The molecule has 0 bridgehead atoms. The second kappa shape index (κ2) is 7.34. The van der Waals surface area contributed by atoms with Gasteiger partial charge in [0, 0.05) is 38.4 Å². The highest BCUT2D eigenvalue weighted by Crippen LogP contribution is 2.30. The summed E-state index contributed by atoms with van der Waals surface area (Å²) in [6.45, 7) is 1.47. The van der Waals surface area contributed by atoms with Crippen LogP contribution in [0.5, 0.6) is 5.75 Å². The van der Waals surface area contributed by atoms with Crippen molar-refractivity contribution in [1.29, 1.82) is 0 Å². The predicted molar refractivity (Wildman–Crippen MR) is 102 cm³/mol. The summed E-state index contributed by atoms with van der Waals surface area (Å²) in [5.74, 6) is 1.14. The van der Waals surface area contributed by atoms with Crippen LogP contribution < -0.4 is 4.74 Å². The van der Waals surface area contributed by atoms with Crippen LogP contribution in [-0.4, -0.2) is 50.8 Å². The van der Waals surface area contributed by atoms with Gasteiger partial charge in [-0.1, -0.05) is 12.1 Å². The summed E-state index contributed by atoms with van der Waals surface area (Å²) in [7, 11) is 3.52. The normalized spacial score (nSPS) is 17.3. The standard InChI is InChI=1S/C20H23N5O2/c1-24-20-19(21-9-10-22-20)18(23-24)15-4-3-11-25(13-15)17(26)12-14-5-7-16(27-2)8-6-14/h5-10,15H,3-4,11-13H2,1-2H3/t15-/m0/s1. The Balaban J connectivity index is 1.49. The van der Waals surface area contributed by atoms with E-state index in [0.29, 0.717) is 13.0 Å². The SMILES string of the molecule is COc1ccc(CC(=O)N2CCC[C@H](c3nn(C)c4nccnc34)C2)cc1. The molecule has 4 rings (SSSR count). The third kappa shape index (κ3) is 3.49. The zero-order valence-corrected chi connectivity index (χ0v) is 15.6. The molecule has 1 saturated heterocycles. The molecule has 27 heavy (non-hydrogen) atoms. The summed E-state index contributed by atoms with van der Waals surface area (Å²) in [4.78, 5) is 23.6. The minimum atomic E-state index is 0.149. The van der Waals surface area contributed by atoms with Crippen molar-refractivity contribution >= 4 is 17.1 Å². The number of amides is 1. The van der Waals surface area contributed by atoms with E-state index in [9.17, 15) is 4.79 Å². The molecular weight excluding hydrogens is 342 g/mol. The molecule has 2 aromatic heterocycles. The number of likely N-dealkylation sites (tertiary alicyclic amines) is 1. The first-order chi connectivity index (χ1) is 13.2. The van der Waals surface area contributed by atoms with Gasteiger partial charge >= 0.3 is 0 Å². The molecule has 0 radical (unpaired) electrons. The minimum absolute atomic E-state index is 0.149. The van der Waals surface area contributed by atoms with Crippen LogP contribution in [0.1, 0.15) is 30.0 Å². The molecule has 0 spiro atoms. The summed E-state index contributed by atoms with van der Waals surface area (Å²) < 4.78 is 6.95. The van der Waals surface area contributed by atoms with Crippen molar-refractivity contribution in [3.8, 4) is 5.75 Å². The van der Waals surface area contributed by atoms with Gasteiger partial charge in [0.15, 0.2) is 5.65 Å². The van der Waals surface area contributed by atoms with Gasteiger partial charge in [0.25, 0.3) is 0 Å². The van der Waals surface area contributed by atoms with E-state index in [4.69, 9.17) is 4.74 Å². The van der Waals surface area contributed by atoms with Crippen LogP contribution in [0.2, 0.25) is 0 Å². The summed E-state index contributed by atoms with van der Waals surface area (Å²) >= 11 is 0. The maximum atomic E-state index is 12.8. The van der Waals surface area contributed by atoms with Crippen molar-refractivity contribution < 1.29 is 9.53 Å². The largest absolute Gasteiger partial charge is 0.497 e. The fourth-order valence-corrected chi connectivity index (χ4v) is 3.74. The number of carbonyl (C=O) groups excluding carboxylic acids is 1. The molecule has 3 aromatic rings. The molecule has 1 amide bonds. The van der Waals surface area contributed by atoms with E-state index in [1.165, 1.54) is 0 Å². The molecule has 1 atom stereocenters. The lowest BCUT2D eigenvalue weighted by Crippen LogP contribution is -2.40. The smallest absolute Gasteiger partial charge is 0.227 e. The number of rotatable bonds is 4. The quantitative estimate of drug-likeness (QED) is 0.709. The molecule has 1 aliphatic heterocycles. The number of aryl methyl sites for hydroxylation is 1. The van der Waals surface area contributed by atoms with Crippen molar-refractivity contribution in [2.45, 2.75) is 25.2 Å². The van der Waals surface area contributed by atoms with E-state index in [2.05, 4.69) is 15.1 Å². The maximum absolute atomic E-state index is 12.8. The number of piperidine rings is 1. The molecule has 140 valence electrons. The molecule has 7 heteroatoms. The van der Waals surface area contributed by atoms with E-state index >= 15 is 0 Å². The van der Waals surface area contributed by atoms with Crippen molar-refractivity contribution in [2.24, 2.45) is 7.05 Å². The van der Waals surface area contributed by atoms with Gasteiger partial charge in [-0.05, 0) is 30.5 Å². The van der Waals surface area contributed by atoms with Gasteiger partial charge in [-0.15, -0.1) is 0 Å². The summed E-state index contributed by atoms with van der Waals surface area (Å²) in [6, 6.07) is 7.67. The Morgan fingerprint density at radius 1 is 1.22 bits per heavy atom. The van der Waals surface area contributed by atoms with Gasteiger partial charge in [0.1, 0.15) is 11.3 Å². The van der Waals surface area contributed by atoms with Gasteiger partial charge in [0.2, 0.25) is 5.91 Å². The number of hydrogen-bond donors (Lipinski definition) is 0. The molecule has 1 fully saturated rings. The van der Waals surface area contributed by atoms with Gasteiger partial charge in [-0.25, -0.2) is 14.6 Å². The lowest BCUT2D eigenvalue weighted by atomic mass is 9.94. The number of fused-ring (bicyclic) bond motifs is 1. The number of carbonyl (C=O) groups is 1. The number of ether oxygens (including phenoxy) is 1. The number of nitrogens with zero attached hydrogens (tertiary/aromatic N) is 5. The highest BCUT2D eigenvalue weighted by Gasteiger charge is 2.28. The highest BCUT2D eigenvalue weighted by molar-refractivity contribution is 5.79. The van der Waals surface area contributed by atoms with E-state index in [1.807, 2.05) is 36.2 Å². The lowest BCUT2D eigenvalue weighted by Gasteiger charge is -2.32. The Hall–Kier alpha value is -2.96. The first kappa shape index (κ1) is 17.5. The summed E-state index contributed by atoms with van der Waals surface area (Å²) in [5.41, 5.74) is 3.57. The Morgan fingerprint density at radius 2 is 2.00 bits per heavy atom. The number of methoxy groups -OCH3 is 1. The van der Waals surface area contributed by atoms with Crippen LogP contribution in [0, 0.1) is 0 Å². The molecule has 0 unspecified atom stereocenters. The summed E-state index contributed by atoms with van der Waals surface area (Å²) in [6.07, 6.45) is 5.76. The van der Waals surface area contributed by atoms with Crippen LogP contribution >= 0.6 is 0 Å². The Bertz CT molecular complexity index is 951. The van der Waals surface area contributed by atoms with Crippen LogP contribution in [0.25, 0.3) is 11.2 Å². The molecule has 3 heterocycles. The van der Waals surface area contributed by atoms with Gasteiger partial charge < -0.3 is 9.64 Å². The van der Waals surface area contributed by atoms with Crippen molar-refractivity contribution in [2.75, 3.05) is 20.2 Å². The number of benzene rings is 1. The van der Waals surface area contributed by atoms with Gasteiger partial charge in [-0.2, -0.15) is 5.10 Å². The Kier molecular flexibility index (Phi) is 4.75. The highest BCUT2D eigenvalue weighted by atomic mass is 16.5. The van der Waals surface area contributed by atoms with Gasteiger partial charge in [-0.3, -0.25) is 4.79 Å². The number of hydrogen-bond acceptors (Lipinski definition) is 5. The first-order valence-electron chi connectivity index (χ1n) is 9.20. The lowest BCUT2D eigenvalue weighted by molar-refractivity contribution is -0.131. The van der Waals surface area contributed by atoms with E-state index in [-0.39, 0.29) is 11.8 Å². The minimum Gasteiger partial charge on any atom is -0.497 e. The maximum Gasteiger partial charge on any atom is 0.227 e. The number of aromatic nitrogens is 4. The second-order valence-corrected chi connectivity index (χ2v) is 6.94. The predicted octanol–water partition coefficient (Wildman–Crippen LogP) is 2.32. The topological polar surface area (TPSA) is 73.1 Å². The van der Waals surface area contributed by atoms with Gasteiger partial charge in [0.05, 0.1) is 19.2 Å². The zero-order chi connectivity index (χ0) is 18.8. The second-order valence-electron chi connectivity index (χ2n) is 6.94. The average Bonchev–Trinajstić information content (AvgIpc) is 3.06. The van der Waals surface area contributed by atoms with E-state index in [0.717, 1.165) is 47.6 Å². The molecule has 1 aliphatic rings. The van der Waals surface area contributed by atoms with Crippen LogP contribution in [0.3, 0.4) is 0 Å². The van der Waals surface area contributed by atoms with E-state index < -0.39 is 0 Å². The zero-order valence-electron chi connectivity index (χ0n) is 15.6. The van der Waals surface area contributed by atoms with Crippen LogP contribution in [0.15, 0.2) is 36.7 Å². The Labute approximate surface area is 158 Å². The Morgan fingerprint density at radius 3 is 2.78 bits per heavy atom. The third-order valence-corrected chi connectivity index (χ3v) is 5.16. The average molecular weight is 365 g/mol. The monoisotopic (exact) mass is 365 g/mol. The summed E-state index contributed by atoms with van der Waals surface area (Å²) in [5, 5.41) is 4.65. The fourth-order valence-electron chi connectivity index (χ4n) is 3.74. The molecular formula is C20H23N5O2. The molecule has 0 N–H and O–H groups in total. The van der Waals surface area contributed by atoms with Crippen LogP contribution in [0.4, 0.5) is 0 Å². The molecule has 7 nitrogen and oxygen atoms in total. The first-order valence-corrected chi connectivity index (χ1v) is 9.20. The molecule has 0 aliphatic carbocycles. The fraction of sp³-hybridized carbons (Fsp3) is 0.400. The van der Waals surface area contributed by atoms with E-state index in [1.54, 1.807) is 24.2 Å². The molecule has 1 aromatic carbocycles. The molecule has 0 saturated carbocycles.